The van der Waals surface area contributed by atoms with Crippen molar-refractivity contribution in [1.29, 1.82) is 0 Å². The summed E-state index contributed by atoms with van der Waals surface area (Å²) in [6.45, 7) is 4.63. The summed E-state index contributed by atoms with van der Waals surface area (Å²) in [5.41, 5.74) is 9.89. The van der Waals surface area contributed by atoms with Gasteiger partial charge in [-0.3, -0.25) is 9.59 Å². The van der Waals surface area contributed by atoms with Crippen LogP contribution in [0.2, 0.25) is 0 Å². The SMILES string of the molecule is Cc1cc(C(=O)Nc2cccc(C(N)=O)c2)c(C)n1Cc1ccccc1. The van der Waals surface area contributed by atoms with Crippen LogP contribution in [0.5, 0.6) is 0 Å². The maximum absolute atomic E-state index is 12.7. The van der Waals surface area contributed by atoms with Crippen LogP contribution < -0.4 is 11.1 Å². The van der Waals surface area contributed by atoms with Gasteiger partial charge in [0.25, 0.3) is 5.91 Å². The molecular formula is C21H21N3O2. The predicted octanol–water partition coefficient (Wildman–Crippen LogP) is 3.50. The van der Waals surface area contributed by atoms with E-state index in [0.29, 0.717) is 23.4 Å². The van der Waals surface area contributed by atoms with Crippen molar-refractivity contribution in [3.8, 4) is 0 Å². The van der Waals surface area contributed by atoms with Gasteiger partial charge in [-0.2, -0.15) is 0 Å². The van der Waals surface area contributed by atoms with Crippen molar-refractivity contribution >= 4 is 17.5 Å². The number of nitrogens with one attached hydrogen (secondary N) is 1. The fourth-order valence-electron chi connectivity index (χ4n) is 2.99. The summed E-state index contributed by atoms with van der Waals surface area (Å²) < 4.78 is 2.12. The van der Waals surface area contributed by atoms with E-state index < -0.39 is 5.91 Å². The maximum Gasteiger partial charge on any atom is 0.257 e. The number of benzene rings is 2. The fourth-order valence-corrected chi connectivity index (χ4v) is 2.99. The Morgan fingerprint density at radius 2 is 1.73 bits per heavy atom. The smallest absolute Gasteiger partial charge is 0.257 e. The molecule has 0 bridgehead atoms. The summed E-state index contributed by atoms with van der Waals surface area (Å²) in [6.07, 6.45) is 0. The Morgan fingerprint density at radius 3 is 2.42 bits per heavy atom. The van der Waals surface area contributed by atoms with Crippen LogP contribution in [-0.4, -0.2) is 16.4 Å². The Bertz CT molecular complexity index is 959. The van der Waals surface area contributed by atoms with Gasteiger partial charge >= 0.3 is 0 Å². The van der Waals surface area contributed by atoms with E-state index in [1.54, 1.807) is 24.3 Å². The van der Waals surface area contributed by atoms with Crippen LogP contribution in [0, 0.1) is 13.8 Å². The maximum atomic E-state index is 12.7. The van der Waals surface area contributed by atoms with Gasteiger partial charge in [0, 0.05) is 29.2 Å². The van der Waals surface area contributed by atoms with E-state index in [1.807, 2.05) is 38.1 Å². The first kappa shape index (κ1) is 17.5. The number of rotatable bonds is 5. The average molecular weight is 347 g/mol. The van der Waals surface area contributed by atoms with Gasteiger partial charge in [-0.05, 0) is 43.7 Å². The number of nitrogens with two attached hydrogens (primary N) is 1. The van der Waals surface area contributed by atoms with Crippen molar-refractivity contribution in [2.45, 2.75) is 20.4 Å². The summed E-state index contributed by atoms with van der Waals surface area (Å²) in [6, 6.07) is 18.6. The van der Waals surface area contributed by atoms with Crippen LogP contribution >= 0.6 is 0 Å². The number of amides is 2. The summed E-state index contributed by atoms with van der Waals surface area (Å²) in [4.78, 5) is 24.0. The van der Waals surface area contributed by atoms with Crippen LogP contribution in [-0.2, 0) is 6.54 Å². The number of anilines is 1. The number of primary amides is 1. The van der Waals surface area contributed by atoms with Gasteiger partial charge < -0.3 is 15.6 Å². The van der Waals surface area contributed by atoms with Crippen molar-refractivity contribution < 1.29 is 9.59 Å². The minimum atomic E-state index is -0.526. The van der Waals surface area contributed by atoms with E-state index in [-0.39, 0.29) is 5.91 Å². The lowest BCUT2D eigenvalue weighted by atomic mass is 10.1. The van der Waals surface area contributed by atoms with Gasteiger partial charge in [0.15, 0.2) is 0 Å². The van der Waals surface area contributed by atoms with Gasteiger partial charge in [-0.25, -0.2) is 0 Å². The summed E-state index contributed by atoms with van der Waals surface area (Å²) >= 11 is 0. The molecule has 5 heteroatoms. The number of hydrogen-bond acceptors (Lipinski definition) is 2. The Hall–Kier alpha value is -3.34. The van der Waals surface area contributed by atoms with Gasteiger partial charge in [0.1, 0.15) is 0 Å². The molecular weight excluding hydrogens is 326 g/mol. The Kier molecular flexibility index (Phi) is 4.89. The van der Waals surface area contributed by atoms with Crippen LogP contribution in [0.1, 0.15) is 37.7 Å². The van der Waals surface area contributed by atoms with Crippen molar-refractivity contribution in [2.24, 2.45) is 5.73 Å². The zero-order valence-corrected chi connectivity index (χ0v) is 14.8. The normalized spacial score (nSPS) is 10.5. The summed E-state index contributed by atoms with van der Waals surface area (Å²) in [5, 5.41) is 2.84. The minimum absolute atomic E-state index is 0.209. The second kappa shape index (κ2) is 7.27. The summed E-state index contributed by atoms with van der Waals surface area (Å²) in [5.74, 6) is -0.735. The average Bonchev–Trinajstić information content (AvgIpc) is 2.91. The second-order valence-corrected chi connectivity index (χ2v) is 6.26. The molecule has 0 spiro atoms. The van der Waals surface area contributed by atoms with E-state index in [9.17, 15) is 9.59 Å². The molecule has 26 heavy (non-hydrogen) atoms. The van der Waals surface area contributed by atoms with Crippen molar-refractivity contribution in [2.75, 3.05) is 5.32 Å². The lowest BCUT2D eigenvalue weighted by Gasteiger charge is -2.10. The molecule has 0 aliphatic carbocycles. The topological polar surface area (TPSA) is 77.1 Å². The lowest BCUT2D eigenvalue weighted by Crippen LogP contribution is -2.15. The van der Waals surface area contributed by atoms with E-state index >= 15 is 0 Å². The third kappa shape index (κ3) is 3.67. The highest BCUT2D eigenvalue weighted by atomic mass is 16.2. The summed E-state index contributed by atoms with van der Waals surface area (Å²) in [7, 11) is 0. The third-order valence-electron chi connectivity index (χ3n) is 4.41. The van der Waals surface area contributed by atoms with Crippen LogP contribution in [0.15, 0.2) is 60.7 Å². The molecule has 3 rings (SSSR count). The molecule has 132 valence electrons. The van der Waals surface area contributed by atoms with Crippen molar-refractivity contribution in [3.05, 3.63) is 88.7 Å². The monoisotopic (exact) mass is 347 g/mol. The first-order valence-corrected chi connectivity index (χ1v) is 8.37. The molecule has 0 saturated heterocycles. The van der Waals surface area contributed by atoms with Gasteiger partial charge in [-0.1, -0.05) is 36.4 Å². The van der Waals surface area contributed by atoms with Gasteiger partial charge in [-0.15, -0.1) is 0 Å². The van der Waals surface area contributed by atoms with E-state index in [2.05, 4.69) is 22.0 Å². The molecule has 0 atom stereocenters. The molecule has 0 saturated carbocycles. The largest absolute Gasteiger partial charge is 0.366 e. The molecule has 2 aromatic carbocycles. The standard InChI is InChI=1S/C21H21N3O2/c1-14-11-19(15(2)24(14)13-16-7-4-3-5-8-16)21(26)23-18-10-6-9-17(12-18)20(22)25/h3-12H,13H2,1-2H3,(H2,22,25)(H,23,26). The fraction of sp³-hybridized carbons (Fsp3) is 0.143. The van der Waals surface area contributed by atoms with E-state index in [1.165, 1.54) is 5.56 Å². The number of aromatic nitrogens is 1. The first-order chi connectivity index (χ1) is 12.5. The van der Waals surface area contributed by atoms with Gasteiger partial charge in [0.05, 0.1) is 5.56 Å². The first-order valence-electron chi connectivity index (χ1n) is 8.37. The molecule has 1 heterocycles. The van der Waals surface area contributed by atoms with E-state index in [0.717, 1.165) is 11.4 Å². The quantitative estimate of drug-likeness (QED) is 0.741. The number of nitrogens with zero attached hydrogens (tertiary/aromatic N) is 1. The predicted molar refractivity (Wildman–Crippen MR) is 102 cm³/mol. The number of aryl methyl sites for hydroxylation is 1. The highest BCUT2D eigenvalue weighted by Crippen LogP contribution is 2.19. The molecule has 0 radical (unpaired) electrons. The third-order valence-corrected chi connectivity index (χ3v) is 4.41. The molecule has 0 aliphatic heterocycles. The number of carbonyl (C=O) groups excluding carboxylic acids is 2. The minimum Gasteiger partial charge on any atom is -0.366 e. The zero-order chi connectivity index (χ0) is 18.7. The molecule has 3 N–H and O–H groups in total. The molecule has 0 fully saturated rings. The highest BCUT2D eigenvalue weighted by Gasteiger charge is 2.16. The molecule has 3 aromatic rings. The molecule has 0 unspecified atom stereocenters. The van der Waals surface area contributed by atoms with Crippen molar-refractivity contribution in [1.82, 2.24) is 4.57 Å². The molecule has 2 amide bonds. The van der Waals surface area contributed by atoms with Crippen LogP contribution in [0.3, 0.4) is 0 Å². The Labute approximate surface area is 152 Å². The van der Waals surface area contributed by atoms with Gasteiger partial charge in [0.2, 0.25) is 5.91 Å². The second-order valence-electron chi connectivity index (χ2n) is 6.26. The zero-order valence-electron chi connectivity index (χ0n) is 14.8. The highest BCUT2D eigenvalue weighted by molar-refractivity contribution is 6.06. The Morgan fingerprint density at radius 1 is 1.00 bits per heavy atom. The molecule has 0 aliphatic rings. The van der Waals surface area contributed by atoms with Crippen LogP contribution in [0.4, 0.5) is 5.69 Å². The van der Waals surface area contributed by atoms with E-state index in [4.69, 9.17) is 5.73 Å². The van der Waals surface area contributed by atoms with Crippen molar-refractivity contribution in [3.63, 3.8) is 0 Å². The molecule has 1 aromatic heterocycles. The Balaban J connectivity index is 1.83. The lowest BCUT2D eigenvalue weighted by molar-refractivity contribution is 0.0996. The molecule has 5 nitrogen and oxygen atoms in total. The van der Waals surface area contributed by atoms with Crippen LogP contribution in [0.25, 0.3) is 0 Å². The number of hydrogen-bond donors (Lipinski definition) is 2. The number of carbonyl (C=O) groups is 2.